The van der Waals surface area contributed by atoms with Crippen LogP contribution in [0.3, 0.4) is 0 Å². The zero-order valence-corrected chi connectivity index (χ0v) is 19.7. The number of anilines is 1. The van der Waals surface area contributed by atoms with E-state index in [2.05, 4.69) is 35.6 Å². The predicted molar refractivity (Wildman–Crippen MR) is 129 cm³/mol. The third-order valence-corrected chi connectivity index (χ3v) is 6.24. The lowest BCUT2D eigenvalue weighted by atomic mass is 9.99. The number of benzene rings is 2. The Kier molecular flexibility index (Phi) is 7.01. The van der Waals surface area contributed by atoms with E-state index in [1.807, 2.05) is 18.2 Å². The molecule has 1 aliphatic heterocycles. The molecule has 1 fully saturated rings. The fraction of sp³-hybridized carbons (Fsp3) is 0.440. The van der Waals surface area contributed by atoms with E-state index in [-0.39, 0.29) is 12.5 Å². The number of carbonyl (C=O) groups is 1. The normalized spacial score (nSPS) is 15.4. The van der Waals surface area contributed by atoms with Gasteiger partial charge in [0.25, 0.3) is 5.91 Å². The maximum atomic E-state index is 12.4. The molecular weight excluding hydrogens is 424 g/mol. The van der Waals surface area contributed by atoms with Crippen molar-refractivity contribution >= 4 is 34.2 Å². The van der Waals surface area contributed by atoms with E-state index in [4.69, 9.17) is 21.3 Å². The van der Waals surface area contributed by atoms with Crippen LogP contribution < -0.4 is 10.1 Å². The van der Waals surface area contributed by atoms with Gasteiger partial charge in [0.05, 0.1) is 17.6 Å². The van der Waals surface area contributed by atoms with Crippen molar-refractivity contribution < 1.29 is 9.53 Å². The fourth-order valence-corrected chi connectivity index (χ4v) is 4.34. The lowest BCUT2D eigenvalue weighted by Gasteiger charge is -2.30. The van der Waals surface area contributed by atoms with Gasteiger partial charge in [-0.25, -0.2) is 4.98 Å². The van der Waals surface area contributed by atoms with E-state index in [1.165, 1.54) is 12.8 Å². The molecule has 1 aromatic heterocycles. The highest BCUT2D eigenvalue weighted by molar-refractivity contribution is 6.30. The number of fused-ring (bicyclic) bond motifs is 1. The number of amides is 1. The lowest BCUT2D eigenvalue weighted by Crippen LogP contribution is -2.33. The predicted octanol–water partition coefficient (Wildman–Crippen LogP) is 5.52. The molecule has 32 heavy (non-hydrogen) atoms. The Morgan fingerprint density at radius 3 is 2.59 bits per heavy atom. The molecule has 2 heterocycles. The maximum absolute atomic E-state index is 12.4. The molecule has 6 nitrogen and oxygen atoms in total. The number of imidazole rings is 1. The number of nitrogens with one attached hydrogen (secondary N) is 1. The van der Waals surface area contributed by atoms with Crippen molar-refractivity contribution in [3.05, 3.63) is 53.3 Å². The number of halogens is 1. The number of rotatable bonds is 7. The van der Waals surface area contributed by atoms with Crippen LogP contribution in [-0.4, -0.2) is 40.1 Å². The average Bonchev–Trinajstić information content (AvgIpc) is 3.12. The summed E-state index contributed by atoms with van der Waals surface area (Å²) < 4.78 is 7.84. The number of nitrogens with zero attached hydrogens (tertiary/aromatic N) is 3. The molecule has 0 radical (unpaired) electrons. The Hall–Kier alpha value is -2.57. The topological polar surface area (TPSA) is 59.4 Å². The second-order valence-corrected chi connectivity index (χ2v) is 9.38. The van der Waals surface area contributed by atoms with Gasteiger partial charge in [-0.05, 0) is 88.2 Å². The zero-order valence-electron chi connectivity index (χ0n) is 19.0. The quantitative estimate of drug-likeness (QED) is 0.510. The van der Waals surface area contributed by atoms with Gasteiger partial charge in [-0.15, -0.1) is 0 Å². The Morgan fingerprint density at radius 1 is 1.19 bits per heavy atom. The molecule has 3 aromatic rings. The molecule has 0 bridgehead atoms. The van der Waals surface area contributed by atoms with Crippen LogP contribution in [0.25, 0.3) is 11.0 Å². The van der Waals surface area contributed by atoms with Gasteiger partial charge in [-0.3, -0.25) is 9.69 Å². The van der Waals surface area contributed by atoms with E-state index >= 15 is 0 Å². The van der Waals surface area contributed by atoms with Crippen LogP contribution in [0.4, 0.5) is 5.69 Å². The molecule has 1 amide bonds. The summed E-state index contributed by atoms with van der Waals surface area (Å²) >= 11 is 5.88. The molecule has 1 N–H and O–H groups in total. The van der Waals surface area contributed by atoms with Crippen molar-refractivity contribution in [2.24, 2.45) is 5.92 Å². The van der Waals surface area contributed by atoms with E-state index in [9.17, 15) is 4.79 Å². The number of hydrogen-bond acceptors (Lipinski definition) is 4. The van der Waals surface area contributed by atoms with Gasteiger partial charge in [0.1, 0.15) is 11.6 Å². The summed E-state index contributed by atoms with van der Waals surface area (Å²) in [5, 5.41) is 3.54. The molecule has 0 atom stereocenters. The summed E-state index contributed by atoms with van der Waals surface area (Å²) in [6, 6.07) is 13.2. The minimum Gasteiger partial charge on any atom is -0.484 e. The van der Waals surface area contributed by atoms with Gasteiger partial charge < -0.3 is 14.6 Å². The van der Waals surface area contributed by atoms with Crippen LogP contribution in [0.15, 0.2) is 42.5 Å². The molecule has 7 heteroatoms. The Labute approximate surface area is 194 Å². The molecule has 0 spiro atoms. The Balaban J connectivity index is 1.45. The molecule has 0 aliphatic carbocycles. The van der Waals surface area contributed by atoms with E-state index in [1.54, 1.807) is 24.3 Å². The summed E-state index contributed by atoms with van der Waals surface area (Å²) in [7, 11) is 0. The molecule has 0 saturated carbocycles. The summed E-state index contributed by atoms with van der Waals surface area (Å²) in [5.74, 6) is 2.28. The van der Waals surface area contributed by atoms with Crippen molar-refractivity contribution in [2.75, 3.05) is 25.0 Å². The summed E-state index contributed by atoms with van der Waals surface area (Å²) in [4.78, 5) is 19.8. The third kappa shape index (κ3) is 5.43. The zero-order chi connectivity index (χ0) is 22.7. The van der Waals surface area contributed by atoms with Crippen LogP contribution >= 0.6 is 11.6 Å². The van der Waals surface area contributed by atoms with Crippen LogP contribution in [0.2, 0.25) is 5.02 Å². The Morgan fingerprint density at radius 2 is 1.91 bits per heavy atom. The Bertz CT molecular complexity index is 1070. The molecule has 1 aliphatic rings. The highest BCUT2D eigenvalue weighted by Crippen LogP contribution is 2.26. The first-order valence-corrected chi connectivity index (χ1v) is 11.7. The number of piperidine rings is 1. The number of likely N-dealkylation sites (tertiary alicyclic amines) is 1. The van der Waals surface area contributed by atoms with Crippen LogP contribution in [0.1, 0.15) is 45.5 Å². The standard InChI is InChI=1S/C25H31ClN4O2/c1-17(2)30-23-9-6-20(27-25(31)16-32-21-7-4-19(26)5-8-21)14-22(23)28-24(30)15-29-12-10-18(3)11-13-29/h4-9,14,17-18H,10-13,15-16H2,1-3H3,(H,27,31). The van der Waals surface area contributed by atoms with Gasteiger partial charge in [0.15, 0.2) is 6.61 Å². The van der Waals surface area contributed by atoms with Crippen LogP contribution in [-0.2, 0) is 11.3 Å². The fourth-order valence-electron chi connectivity index (χ4n) is 4.21. The minimum absolute atomic E-state index is 0.0707. The van der Waals surface area contributed by atoms with Gasteiger partial charge >= 0.3 is 0 Å². The number of ether oxygens (including phenoxy) is 1. The number of carbonyl (C=O) groups excluding carboxylic acids is 1. The number of hydrogen-bond donors (Lipinski definition) is 1. The van der Waals surface area contributed by atoms with Crippen LogP contribution in [0, 0.1) is 5.92 Å². The van der Waals surface area contributed by atoms with Crippen molar-refractivity contribution in [2.45, 2.75) is 46.2 Å². The van der Waals surface area contributed by atoms with Gasteiger partial charge in [-0.2, -0.15) is 0 Å². The molecule has 2 aromatic carbocycles. The first-order chi connectivity index (χ1) is 15.4. The van der Waals surface area contributed by atoms with Crippen molar-refractivity contribution in [3.63, 3.8) is 0 Å². The van der Waals surface area contributed by atoms with E-state index in [0.717, 1.165) is 42.4 Å². The molecule has 170 valence electrons. The first kappa shape index (κ1) is 22.6. The van der Waals surface area contributed by atoms with Gasteiger partial charge in [0, 0.05) is 16.8 Å². The molecular formula is C25H31ClN4O2. The largest absolute Gasteiger partial charge is 0.484 e. The summed E-state index contributed by atoms with van der Waals surface area (Å²) in [6.07, 6.45) is 2.49. The molecule has 1 saturated heterocycles. The minimum atomic E-state index is -0.217. The van der Waals surface area contributed by atoms with Crippen molar-refractivity contribution in [1.82, 2.24) is 14.5 Å². The van der Waals surface area contributed by atoms with E-state index in [0.29, 0.717) is 22.5 Å². The highest BCUT2D eigenvalue weighted by atomic mass is 35.5. The maximum Gasteiger partial charge on any atom is 0.262 e. The number of aromatic nitrogens is 2. The SMILES string of the molecule is CC1CCN(Cc2nc3cc(NC(=O)COc4ccc(Cl)cc4)ccc3n2C(C)C)CC1. The summed E-state index contributed by atoms with van der Waals surface area (Å²) in [5.41, 5.74) is 2.71. The van der Waals surface area contributed by atoms with Crippen molar-refractivity contribution in [3.8, 4) is 5.75 Å². The first-order valence-electron chi connectivity index (χ1n) is 11.3. The highest BCUT2D eigenvalue weighted by Gasteiger charge is 2.20. The summed E-state index contributed by atoms with van der Waals surface area (Å²) in [6.45, 7) is 9.74. The van der Waals surface area contributed by atoms with Crippen molar-refractivity contribution in [1.29, 1.82) is 0 Å². The van der Waals surface area contributed by atoms with Gasteiger partial charge in [0.2, 0.25) is 0 Å². The lowest BCUT2D eigenvalue weighted by molar-refractivity contribution is -0.118. The molecule has 4 rings (SSSR count). The second-order valence-electron chi connectivity index (χ2n) is 8.94. The third-order valence-electron chi connectivity index (χ3n) is 5.99. The van der Waals surface area contributed by atoms with Crippen LogP contribution in [0.5, 0.6) is 5.75 Å². The van der Waals surface area contributed by atoms with Gasteiger partial charge in [-0.1, -0.05) is 18.5 Å². The second kappa shape index (κ2) is 9.92. The monoisotopic (exact) mass is 454 g/mol. The van der Waals surface area contributed by atoms with E-state index < -0.39 is 0 Å². The smallest absolute Gasteiger partial charge is 0.262 e. The average molecular weight is 455 g/mol. The molecule has 0 unspecified atom stereocenters.